The number of carboxylic acid groups (broad SMARTS) is 2. The third kappa shape index (κ3) is 3.95. The number of aliphatic imine (C=N–C) groups is 1. The van der Waals surface area contributed by atoms with Gasteiger partial charge in [0.05, 0.1) is 23.0 Å². The van der Waals surface area contributed by atoms with Crippen LogP contribution in [0.25, 0.3) is 11.3 Å². The molecule has 1 aromatic heterocycles. The summed E-state index contributed by atoms with van der Waals surface area (Å²) in [4.78, 5) is 26.4. The number of hydrogen-bond acceptors (Lipinski definition) is 4. The van der Waals surface area contributed by atoms with Gasteiger partial charge in [-0.3, -0.25) is 4.99 Å². The molecule has 1 heterocycles. The van der Waals surface area contributed by atoms with Gasteiger partial charge in [-0.05, 0) is 67.4 Å². The van der Waals surface area contributed by atoms with Crippen molar-refractivity contribution >= 4 is 23.8 Å². The first-order valence-electron chi connectivity index (χ1n) is 8.17. The number of aromatic carboxylic acids is 2. The predicted molar refractivity (Wildman–Crippen MR) is 101 cm³/mol. The quantitative estimate of drug-likeness (QED) is 0.639. The van der Waals surface area contributed by atoms with Crippen LogP contribution < -0.4 is 0 Å². The molecule has 0 aliphatic rings. The smallest absolute Gasteiger partial charge is 0.335 e. The van der Waals surface area contributed by atoms with Crippen molar-refractivity contribution in [3.8, 4) is 11.3 Å². The van der Waals surface area contributed by atoms with Crippen LogP contribution in [0.5, 0.6) is 0 Å². The fraction of sp³-hybridized carbons (Fsp3) is 0.0952. The second kappa shape index (κ2) is 7.29. The molecule has 0 unspecified atom stereocenters. The van der Waals surface area contributed by atoms with Crippen LogP contribution in [0.15, 0.2) is 57.9 Å². The first kappa shape index (κ1) is 18.1. The Morgan fingerprint density at radius 2 is 1.52 bits per heavy atom. The minimum Gasteiger partial charge on any atom is -0.478 e. The Balaban J connectivity index is 1.83. The van der Waals surface area contributed by atoms with Crippen molar-refractivity contribution < 1.29 is 24.2 Å². The van der Waals surface area contributed by atoms with Gasteiger partial charge in [-0.2, -0.15) is 0 Å². The second-order valence-corrected chi connectivity index (χ2v) is 6.10. The van der Waals surface area contributed by atoms with Gasteiger partial charge in [0, 0.05) is 5.56 Å². The van der Waals surface area contributed by atoms with E-state index >= 15 is 0 Å². The maximum Gasteiger partial charge on any atom is 0.335 e. The van der Waals surface area contributed by atoms with Crippen LogP contribution in [0, 0.1) is 13.8 Å². The third-order valence-electron chi connectivity index (χ3n) is 4.14. The standard InChI is InChI=1S/C21H17NO5/c1-12-9-14(20(23)24)3-6-17(12)19-8-5-16(27-19)11-22-18-7-4-15(21(25)26)10-13(18)2/h3-11H,1-2H3,(H,23,24)(H,25,26). The van der Waals surface area contributed by atoms with Crippen molar-refractivity contribution in [1.29, 1.82) is 0 Å². The van der Waals surface area contributed by atoms with E-state index in [2.05, 4.69) is 4.99 Å². The maximum atomic E-state index is 11.0. The molecule has 3 rings (SSSR count). The molecular formula is C21H17NO5. The molecule has 0 spiro atoms. The van der Waals surface area contributed by atoms with Crippen LogP contribution >= 0.6 is 0 Å². The van der Waals surface area contributed by atoms with Gasteiger partial charge in [-0.15, -0.1) is 0 Å². The average Bonchev–Trinajstić information content (AvgIpc) is 3.09. The van der Waals surface area contributed by atoms with Gasteiger partial charge < -0.3 is 14.6 Å². The van der Waals surface area contributed by atoms with Gasteiger partial charge in [-0.1, -0.05) is 6.07 Å². The van der Waals surface area contributed by atoms with Gasteiger partial charge in [0.25, 0.3) is 0 Å². The minimum absolute atomic E-state index is 0.215. The third-order valence-corrected chi connectivity index (χ3v) is 4.14. The van der Waals surface area contributed by atoms with Gasteiger partial charge >= 0.3 is 11.9 Å². The molecule has 6 heteroatoms. The molecule has 136 valence electrons. The van der Waals surface area contributed by atoms with Crippen LogP contribution in [0.3, 0.4) is 0 Å². The van der Waals surface area contributed by atoms with Gasteiger partial charge in [0.2, 0.25) is 0 Å². The molecule has 0 aliphatic heterocycles. The number of hydrogen-bond donors (Lipinski definition) is 2. The van der Waals surface area contributed by atoms with E-state index in [9.17, 15) is 9.59 Å². The zero-order valence-corrected chi connectivity index (χ0v) is 14.8. The number of carboxylic acids is 2. The molecule has 0 fully saturated rings. The van der Waals surface area contributed by atoms with E-state index in [1.807, 2.05) is 6.92 Å². The lowest BCUT2D eigenvalue weighted by Gasteiger charge is -2.04. The van der Waals surface area contributed by atoms with E-state index in [0.717, 1.165) is 16.7 Å². The summed E-state index contributed by atoms with van der Waals surface area (Å²) in [6, 6.07) is 13.1. The SMILES string of the molecule is Cc1cc(C(=O)O)ccc1N=Cc1ccc(-c2ccc(C(=O)O)cc2C)o1. The molecule has 6 nitrogen and oxygen atoms in total. The molecule has 2 aromatic carbocycles. The Labute approximate surface area is 155 Å². The van der Waals surface area contributed by atoms with Crippen molar-refractivity contribution in [1.82, 2.24) is 0 Å². The van der Waals surface area contributed by atoms with Crippen molar-refractivity contribution in [2.45, 2.75) is 13.8 Å². The summed E-state index contributed by atoms with van der Waals surface area (Å²) in [6.07, 6.45) is 1.56. The molecule has 0 saturated carbocycles. The van der Waals surface area contributed by atoms with Crippen LogP contribution in [0.4, 0.5) is 5.69 Å². The molecule has 2 N–H and O–H groups in total. The number of furan rings is 1. The summed E-state index contributed by atoms with van der Waals surface area (Å²) in [5.74, 6) is -0.799. The molecular weight excluding hydrogens is 346 g/mol. The summed E-state index contributed by atoms with van der Waals surface area (Å²) < 4.78 is 5.78. The molecule has 3 aromatic rings. The topological polar surface area (TPSA) is 100 Å². The molecule has 27 heavy (non-hydrogen) atoms. The summed E-state index contributed by atoms with van der Waals surface area (Å²) in [7, 11) is 0. The molecule has 0 radical (unpaired) electrons. The van der Waals surface area contributed by atoms with Crippen LogP contribution in [0.2, 0.25) is 0 Å². The van der Waals surface area contributed by atoms with Crippen LogP contribution in [0.1, 0.15) is 37.6 Å². The van der Waals surface area contributed by atoms with Crippen molar-refractivity contribution in [2.75, 3.05) is 0 Å². The predicted octanol–water partition coefficient (Wildman–Crippen LogP) is 4.71. The summed E-state index contributed by atoms with van der Waals surface area (Å²) in [6.45, 7) is 3.62. The number of nitrogens with zero attached hydrogens (tertiary/aromatic N) is 1. The first-order valence-corrected chi connectivity index (χ1v) is 8.17. The Morgan fingerprint density at radius 1 is 0.889 bits per heavy atom. The molecule has 0 amide bonds. The van der Waals surface area contributed by atoms with Gasteiger partial charge in [0.1, 0.15) is 11.5 Å². The van der Waals surface area contributed by atoms with Crippen molar-refractivity contribution in [3.63, 3.8) is 0 Å². The lowest BCUT2D eigenvalue weighted by Crippen LogP contribution is -1.96. The highest BCUT2D eigenvalue weighted by atomic mass is 16.4. The zero-order chi connectivity index (χ0) is 19.6. The number of carbonyl (C=O) groups is 2. The Bertz CT molecular complexity index is 1060. The largest absolute Gasteiger partial charge is 0.478 e. The summed E-state index contributed by atoms with van der Waals surface area (Å²) >= 11 is 0. The number of benzene rings is 2. The Hall–Kier alpha value is -3.67. The highest BCUT2D eigenvalue weighted by Gasteiger charge is 2.10. The molecule has 0 bridgehead atoms. The maximum absolute atomic E-state index is 11.0. The van der Waals surface area contributed by atoms with Gasteiger partial charge in [0.15, 0.2) is 0 Å². The molecule has 0 aliphatic carbocycles. The lowest BCUT2D eigenvalue weighted by molar-refractivity contribution is 0.0686. The van der Waals surface area contributed by atoms with E-state index in [1.54, 1.807) is 49.5 Å². The second-order valence-electron chi connectivity index (χ2n) is 6.10. The van der Waals surface area contributed by atoms with Crippen LogP contribution in [-0.2, 0) is 0 Å². The fourth-order valence-electron chi connectivity index (χ4n) is 2.71. The van der Waals surface area contributed by atoms with E-state index in [1.165, 1.54) is 12.1 Å². The van der Waals surface area contributed by atoms with Crippen molar-refractivity contribution in [3.05, 3.63) is 76.5 Å². The highest BCUT2D eigenvalue weighted by molar-refractivity contribution is 5.89. The lowest BCUT2D eigenvalue weighted by atomic mass is 10.0. The zero-order valence-electron chi connectivity index (χ0n) is 14.8. The Kier molecular flexibility index (Phi) is 4.90. The normalized spacial score (nSPS) is 11.0. The average molecular weight is 363 g/mol. The van der Waals surface area contributed by atoms with Crippen molar-refractivity contribution in [2.24, 2.45) is 4.99 Å². The summed E-state index contributed by atoms with van der Waals surface area (Å²) in [5.41, 5.74) is 3.45. The summed E-state index contributed by atoms with van der Waals surface area (Å²) in [5, 5.41) is 18.1. The van der Waals surface area contributed by atoms with Gasteiger partial charge in [-0.25, -0.2) is 9.59 Å². The number of rotatable bonds is 5. The number of aryl methyl sites for hydroxylation is 2. The Morgan fingerprint density at radius 3 is 2.11 bits per heavy atom. The van der Waals surface area contributed by atoms with E-state index in [0.29, 0.717) is 17.2 Å². The highest BCUT2D eigenvalue weighted by Crippen LogP contribution is 2.26. The fourth-order valence-corrected chi connectivity index (χ4v) is 2.71. The van der Waals surface area contributed by atoms with E-state index in [4.69, 9.17) is 14.6 Å². The first-order chi connectivity index (χ1) is 12.8. The molecule has 0 saturated heterocycles. The van der Waals surface area contributed by atoms with E-state index < -0.39 is 11.9 Å². The van der Waals surface area contributed by atoms with E-state index in [-0.39, 0.29) is 11.1 Å². The molecule has 0 atom stereocenters. The monoisotopic (exact) mass is 363 g/mol. The minimum atomic E-state index is -0.978. The van der Waals surface area contributed by atoms with Crippen LogP contribution in [-0.4, -0.2) is 28.4 Å².